The van der Waals surface area contributed by atoms with Crippen LogP contribution in [0.3, 0.4) is 0 Å². The van der Waals surface area contributed by atoms with Crippen LogP contribution in [0.4, 0.5) is 11.4 Å². The minimum atomic E-state index is -3.81. The minimum absolute atomic E-state index is 0.345. The third-order valence-electron chi connectivity index (χ3n) is 3.42. The molecule has 0 spiro atoms. The molecular weight excluding hydrogens is 342 g/mol. The zero-order valence-corrected chi connectivity index (χ0v) is 15.2. The smallest absolute Gasteiger partial charge is 0.304 e. The van der Waals surface area contributed by atoms with Crippen molar-refractivity contribution >= 4 is 27.5 Å². The number of ether oxygens (including phenoxy) is 1. The average Bonchev–Trinajstić information content (AvgIpc) is 2.60. The Morgan fingerprint density at radius 2 is 1.76 bits per heavy atom. The van der Waals surface area contributed by atoms with Crippen LogP contribution >= 0.6 is 0 Å². The molecule has 2 rings (SSSR count). The fourth-order valence-corrected chi connectivity index (χ4v) is 3.19. The summed E-state index contributed by atoms with van der Waals surface area (Å²) in [5.41, 5.74) is 0.941. The maximum absolute atomic E-state index is 12.6. The van der Waals surface area contributed by atoms with Crippen LogP contribution in [0.5, 0.6) is 5.75 Å². The van der Waals surface area contributed by atoms with Gasteiger partial charge in [0.2, 0.25) is 5.91 Å². The number of methoxy groups -OCH3 is 1. The van der Waals surface area contributed by atoms with Crippen LogP contribution in [-0.2, 0) is 15.0 Å². The standard InChI is InChI=1S/C17H21N3O4S/c1-19(2)25(22,23)20(15-9-5-4-6-10-15)13-17(21)18-14-8-7-11-16(12-14)24-3/h4-12H,13H2,1-3H3,(H,18,21). The highest BCUT2D eigenvalue weighted by atomic mass is 32.2. The summed E-state index contributed by atoms with van der Waals surface area (Å²) < 4.78 is 32.4. The van der Waals surface area contributed by atoms with Crippen molar-refractivity contribution in [3.8, 4) is 5.75 Å². The lowest BCUT2D eigenvalue weighted by Gasteiger charge is -2.26. The summed E-state index contributed by atoms with van der Waals surface area (Å²) in [5.74, 6) is 0.140. The lowest BCUT2D eigenvalue weighted by atomic mass is 10.3. The van der Waals surface area contributed by atoms with E-state index in [1.54, 1.807) is 54.6 Å². The highest BCUT2D eigenvalue weighted by molar-refractivity contribution is 7.90. The zero-order chi connectivity index (χ0) is 18.4. The molecule has 0 aliphatic carbocycles. The van der Waals surface area contributed by atoms with E-state index >= 15 is 0 Å². The number of hydrogen-bond donors (Lipinski definition) is 1. The number of nitrogens with zero attached hydrogens (tertiary/aromatic N) is 2. The summed E-state index contributed by atoms with van der Waals surface area (Å²) in [6.07, 6.45) is 0. The predicted octanol–water partition coefficient (Wildman–Crippen LogP) is 1.95. The van der Waals surface area contributed by atoms with E-state index < -0.39 is 16.1 Å². The Morgan fingerprint density at radius 3 is 2.36 bits per heavy atom. The van der Waals surface area contributed by atoms with Gasteiger partial charge in [0.05, 0.1) is 12.8 Å². The molecule has 8 heteroatoms. The third-order valence-corrected chi connectivity index (χ3v) is 5.24. The molecule has 2 aromatic carbocycles. The zero-order valence-electron chi connectivity index (χ0n) is 14.3. The topological polar surface area (TPSA) is 79.0 Å². The van der Waals surface area contributed by atoms with Crippen molar-refractivity contribution in [1.82, 2.24) is 4.31 Å². The minimum Gasteiger partial charge on any atom is -0.497 e. The van der Waals surface area contributed by atoms with Crippen LogP contribution in [0.25, 0.3) is 0 Å². The first-order valence-corrected chi connectivity index (χ1v) is 8.93. The highest BCUT2D eigenvalue weighted by Crippen LogP contribution is 2.20. The molecule has 0 atom stereocenters. The first kappa shape index (κ1) is 18.8. The summed E-state index contributed by atoms with van der Waals surface area (Å²) in [6, 6.07) is 15.3. The van der Waals surface area contributed by atoms with Gasteiger partial charge in [0.15, 0.2) is 0 Å². The van der Waals surface area contributed by atoms with E-state index in [9.17, 15) is 13.2 Å². The lowest BCUT2D eigenvalue weighted by molar-refractivity contribution is -0.114. The first-order chi connectivity index (χ1) is 11.8. The largest absolute Gasteiger partial charge is 0.497 e. The van der Waals surface area contributed by atoms with E-state index in [0.29, 0.717) is 17.1 Å². The molecule has 7 nitrogen and oxygen atoms in total. The van der Waals surface area contributed by atoms with Crippen molar-refractivity contribution in [2.24, 2.45) is 0 Å². The van der Waals surface area contributed by atoms with Crippen LogP contribution in [0.1, 0.15) is 0 Å². The van der Waals surface area contributed by atoms with Gasteiger partial charge in [0, 0.05) is 25.8 Å². The Hall–Kier alpha value is -2.58. The fourth-order valence-electron chi connectivity index (χ4n) is 2.13. The van der Waals surface area contributed by atoms with Crippen LogP contribution in [0.2, 0.25) is 0 Å². The molecule has 1 amide bonds. The molecule has 0 bridgehead atoms. The number of nitrogens with one attached hydrogen (secondary N) is 1. The second-order valence-electron chi connectivity index (χ2n) is 5.41. The number of rotatable bonds is 7. The van der Waals surface area contributed by atoms with Crippen molar-refractivity contribution in [2.45, 2.75) is 0 Å². The van der Waals surface area contributed by atoms with Gasteiger partial charge in [-0.2, -0.15) is 12.7 Å². The highest BCUT2D eigenvalue weighted by Gasteiger charge is 2.27. The number of carbonyl (C=O) groups excluding carboxylic acids is 1. The Morgan fingerprint density at radius 1 is 1.08 bits per heavy atom. The summed E-state index contributed by atoms with van der Waals surface area (Å²) >= 11 is 0. The number of benzene rings is 2. The SMILES string of the molecule is COc1cccc(NC(=O)CN(c2ccccc2)S(=O)(=O)N(C)C)c1. The Balaban J connectivity index is 2.23. The van der Waals surface area contributed by atoms with Crippen LogP contribution in [0.15, 0.2) is 54.6 Å². The van der Waals surface area contributed by atoms with Crippen molar-refractivity contribution in [2.75, 3.05) is 37.4 Å². The maximum Gasteiger partial charge on any atom is 0.304 e. The van der Waals surface area contributed by atoms with Gasteiger partial charge in [-0.15, -0.1) is 0 Å². The van der Waals surface area contributed by atoms with Gasteiger partial charge in [-0.05, 0) is 24.3 Å². The van der Waals surface area contributed by atoms with Gasteiger partial charge < -0.3 is 10.1 Å². The Kier molecular flexibility index (Phi) is 6.00. The van der Waals surface area contributed by atoms with Crippen molar-refractivity contribution in [3.05, 3.63) is 54.6 Å². The van der Waals surface area contributed by atoms with E-state index in [1.807, 2.05) is 0 Å². The number of amides is 1. The van der Waals surface area contributed by atoms with E-state index in [-0.39, 0.29) is 6.54 Å². The molecule has 0 saturated heterocycles. The second-order valence-corrected chi connectivity index (χ2v) is 7.48. The second kappa shape index (κ2) is 8.00. The normalized spacial score (nSPS) is 11.2. The molecule has 134 valence electrons. The van der Waals surface area contributed by atoms with Gasteiger partial charge in [0.1, 0.15) is 12.3 Å². The van der Waals surface area contributed by atoms with Crippen LogP contribution in [-0.4, -0.2) is 46.4 Å². The van der Waals surface area contributed by atoms with Crippen molar-refractivity contribution in [1.29, 1.82) is 0 Å². The molecule has 0 aliphatic heterocycles. The maximum atomic E-state index is 12.6. The van der Waals surface area contributed by atoms with Crippen LogP contribution < -0.4 is 14.4 Å². The van der Waals surface area contributed by atoms with Gasteiger partial charge in [-0.25, -0.2) is 4.31 Å². The quantitative estimate of drug-likeness (QED) is 0.815. The van der Waals surface area contributed by atoms with Gasteiger partial charge in [-0.3, -0.25) is 4.79 Å². The van der Waals surface area contributed by atoms with Crippen molar-refractivity contribution in [3.63, 3.8) is 0 Å². The van der Waals surface area contributed by atoms with E-state index in [4.69, 9.17) is 4.74 Å². The first-order valence-electron chi connectivity index (χ1n) is 7.53. The molecule has 2 aromatic rings. The van der Waals surface area contributed by atoms with E-state index in [0.717, 1.165) is 8.61 Å². The molecule has 0 aliphatic rings. The van der Waals surface area contributed by atoms with E-state index in [2.05, 4.69) is 5.32 Å². The number of anilines is 2. The average molecular weight is 363 g/mol. The molecule has 1 N–H and O–H groups in total. The summed E-state index contributed by atoms with van der Waals surface area (Å²) in [5, 5.41) is 2.68. The Labute approximate surface area is 148 Å². The molecule has 0 unspecified atom stereocenters. The van der Waals surface area contributed by atoms with Crippen molar-refractivity contribution < 1.29 is 17.9 Å². The molecule has 0 heterocycles. The third kappa shape index (κ3) is 4.71. The lowest BCUT2D eigenvalue weighted by Crippen LogP contribution is -2.44. The number of para-hydroxylation sites is 1. The number of carbonyl (C=O) groups is 1. The molecule has 0 saturated carbocycles. The Bertz CT molecular complexity index is 823. The predicted molar refractivity (Wildman–Crippen MR) is 98.0 cm³/mol. The molecule has 0 radical (unpaired) electrons. The molecular formula is C17H21N3O4S. The molecule has 0 fully saturated rings. The molecule has 0 aromatic heterocycles. The molecule has 25 heavy (non-hydrogen) atoms. The summed E-state index contributed by atoms with van der Waals surface area (Å²) in [6.45, 7) is -0.345. The van der Waals surface area contributed by atoms with Gasteiger partial charge in [-0.1, -0.05) is 24.3 Å². The van der Waals surface area contributed by atoms with Gasteiger partial charge in [0.25, 0.3) is 0 Å². The summed E-state index contributed by atoms with van der Waals surface area (Å²) in [4.78, 5) is 12.4. The van der Waals surface area contributed by atoms with Gasteiger partial charge >= 0.3 is 10.2 Å². The van der Waals surface area contributed by atoms with Crippen LogP contribution in [0, 0.1) is 0 Å². The van der Waals surface area contributed by atoms with E-state index in [1.165, 1.54) is 21.2 Å². The monoisotopic (exact) mass is 363 g/mol. The summed E-state index contributed by atoms with van der Waals surface area (Å²) in [7, 11) is 0.562. The number of hydrogen-bond acceptors (Lipinski definition) is 4. The fraction of sp³-hybridized carbons (Fsp3) is 0.235.